The Kier molecular flexibility index (Phi) is 4.15. The third kappa shape index (κ3) is 2.80. The number of carbonyl (C=O) groups excluding carboxylic acids is 1. The second kappa shape index (κ2) is 6.12. The van der Waals surface area contributed by atoms with Gasteiger partial charge in [0, 0.05) is 4.88 Å². The molecule has 3 aromatic rings. The van der Waals surface area contributed by atoms with Gasteiger partial charge >= 0.3 is 0 Å². The summed E-state index contributed by atoms with van der Waals surface area (Å²) in [6.07, 6.45) is 1.26. The van der Waals surface area contributed by atoms with E-state index >= 15 is 0 Å². The Morgan fingerprint density at radius 2 is 1.96 bits per heavy atom. The summed E-state index contributed by atoms with van der Waals surface area (Å²) in [5.41, 5.74) is -0.0689. The number of fused-ring (bicyclic) bond motifs is 1. The van der Waals surface area contributed by atoms with Gasteiger partial charge in [0.2, 0.25) is 5.91 Å². The van der Waals surface area contributed by atoms with Crippen LogP contribution >= 0.6 is 11.3 Å². The van der Waals surface area contributed by atoms with Crippen LogP contribution in [0.2, 0.25) is 0 Å². The van der Waals surface area contributed by atoms with Gasteiger partial charge in [-0.25, -0.2) is 13.8 Å². The molecule has 3 rings (SSSR count). The van der Waals surface area contributed by atoms with Crippen LogP contribution in [0, 0.1) is 25.5 Å². The predicted molar refractivity (Wildman–Crippen MR) is 88.3 cm³/mol. The van der Waals surface area contributed by atoms with Gasteiger partial charge in [-0.2, -0.15) is 0 Å². The molecule has 2 aromatic heterocycles. The van der Waals surface area contributed by atoms with Crippen molar-refractivity contribution in [1.29, 1.82) is 0 Å². The molecule has 0 aliphatic rings. The molecule has 8 heteroatoms. The molecular formula is C16H13F2N3O2S. The summed E-state index contributed by atoms with van der Waals surface area (Å²) in [5, 5.41) is 2.61. The van der Waals surface area contributed by atoms with Gasteiger partial charge in [-0.05, 0) is 31.5 Å². The number of aromatic nitrogens is 2. The average Bonchev–Trinajstić information content (AvgIpc) is 2.82. The van der Waals surface area contributed by atoms with Crippen LogP contribution in [0.1, 0.15) is 10.4 Å². The quantitative estimate of drug-likeness (QED) is 0.791. The monoisotopic (exact) mass is 349 g/mol. The van der Waals surface area contributed by atoms with E-state index in [1.54, 1.807) is 0 Å². The van der Waals surface area contributed by atoms with Crippen molar-refractivity contribution in [2.24, 2.45) is 0 Å². The number of rotatable bonds is 3. The standard InChI is InChI=1S/C16H13F2N3O2S/c1-8-9(2)24-15-13(8)16(23)21(7-19-15)6-12(22)20-14-10(17)4-3-5-11(14)18/h3-5,7H,6H2,1-2H3,(H,20,22). The zero-order valence-electron chi connectivity index (χ0n) is 12.9. The fourth-order valence-corrected chi connectivity index (χ4v) is 3.32. The van der Waals surface area contributed by atoms with E-state index in [4.69, 9.17) is 0 Å². The summed E-state index contributed by atoms with van der Waals surface area (Å²) in [5.74, 6) is -2.48. The molecule has 5 nitrogen and oxygen atoms in total. The van der Waals surface area contributed by atoms with Crippen molar-refractivity contribution in [3.8, 4) is 0 Å². The van der Waals surface area contributed by atoms with Gasteiger partial charge < -0.3 is 5.32 Å². The number of thiophene rings is 1. The van der Waals surface area contributed by atoms with Crippen LogP contribution in [-0.4, -0.2) is 15.5 Å². The number of aryl methyl sites for hydroxylation is 2. The molecule has 0 fully saturated rings. The summed E-state index contributed by atoms with van der Waals surface area (Å²) in [7, 11) is 0. The maximum absolute atomic E-state index is 13.6. The van der Waals surface area contributed by atoms with Gasteiger partial charge in [0.1, 0.15) is 28.7 Å². The molecule has 0 atom stereocenters. The summed E-state index contributed by atoms with van der Waals surface area (Å²) in [6.45, 7) is 3.32. The molecule has 0 aliphatic carbocycles. The SMILES string of the molecule is Cc1sc2ncn(CC(=O)Nc3c(F)cccc3F)c(=O)c2c1C. The Morgan fingerprint density at radius 3 is 2.62 bits per heavy atom. The van der Waals surface area contributed by atoms with Crippen LogP contribution in [0.4, 0.5) is 14.5 Å². The second-order valence-electron chi connectivity index (χ2n) is 5.29. The van der Waals surface area contributed by atoms with Crippen LogP contribution < -0.4 is 10.9 Å². The molecule has 2 heterocycles. The van der Waals surface area contributed by atoms with Crippen molar-refractivity contribution in [2.45, 2.75) is 20.4 Å². The number of benzene rings is 1. The minimum atomic E-state index is -0.881. The lowest BCUT2D eigenvalue weighted by molar-refractivity contribution is -0.116. The van der Waals surface area contributed by atoms with E-state index in [1.807, 2.05) is 13.8 Å². The van der Waals surface area contributed by atoms with Gasteiger partial charge in [0.05, 0.1) is 11.7 Å². The number of para-hydroxylation sites is 1. The van der Waals surface area contributed by atoms with E-state index < -0.39 is 23.2 Å². The number of hydrogen-bond donors (Lipinski definition) is 1. The lowest BCUT2D eigenvalue weighted by Gasteiger charge is -2.09. The Bertz CT molecular complexity index is 990. The average molecular weight is 349 g/mol. The maximum atomic E-state index is 13.6. The lowest BCUT2D eigenvalue weighted by atomic mass is 10.2. The normalized spacial score (nSPS) is 11.0. The highest BCUT2D eigenvalue weighted by Gasteiger charge is 2.16. The summed E-state index contributed by atoms with van der Waals surface area (Å²) in [4.78, 5) is 30.3. The first kappa shape index (κ1) is 16.3. The first-order chi connectivity index (χ1) is 11.4. The summed E-state index contributed by atoms with van der Waals surface area (Å²) >= 11 is 1.40. The number of nitrogens with one attached hydrogen (secondary N) is 1. The largest absolute Gasteiger partial charge is 0.320 e. The minimum Gasteiger partial charge on any atom is -0.320 e. The zero-order chi connectivity index (χ0) is 17.4. The van der Waals surface area contributed by atoms with Gasteiger partial charge in [0.15, 0.2) is 0 Å². The van der Waals surface area contributed by atoms with Gasteiger partial charge in [-0.1, -0.05) is 6.07 Å². The predicted octanol–water partition coefficient (Wildman–Crippen LogP) is 2.99. The van der Waals surface area contributed by atoms with E-state index in [1.165, 1.54) is 23.7 Å². The van der Waals surface area contributed by atoms with Crippen molar-refractivity contribution >= 4 is 33.1 Å². The Labute approximate surface area is 139 Å². The van der Waals surface area contributed by atoms with Crippen LogP contribution in [-0.2, 0) is 11.3 Å². The smallest absolute Gasteiger partial charge is 0.262 e. The van der Waals surface area contributed by atoms with Crippen molar-refractivity contribution in [3.63, 3.8) is 0 Å². The van der Waals surface area contributed by atoms with Crippen LogP contribution in [0.15, 0.2) is 29.3 Å². The molecule has 1 amide bonds. The highest BCUT2D eigenvalue weighted by Crippen LogP contribution is 2.25. The fourth-order valence-electron chi connectivity index (χ4n) is 2.33. The third-order valence-corrected chi connectivity index (χ3v) is 4.81. The molecule has 0 unspecified atom stereocenters. The number of halogens is 2. The molecule has 1 aromatic carbocycles. The molecule has 0 radical (unpaired) electrons. The topological polar surface area (TPSA) is 64.0 Å². The molecule has 0 bridgehead atoms. The Hall–Kier alpha value is -2.61. The first-order valence-corrected chi connectivity index (χ1v) is 7.89. The highest BCUT2D eigenvalue weighted by molar-refractivity contribution is 7.18. The van der Waals surface area contributed by atoms with Gasteiger partial charge in [-0.3, -0.25) is 14.2 Å². The van der Waals surface area contributed by atoms with E-state index in [0.717, 1.165) is 27.1 Å². The summed E-state index contributed by atoms with van der Waals surface area (Å²) in [6, 6.07) is 3.27. The Morgan fingerprint density at radius 1 is 1.29 bits per heavy atom. The van der Waals surface area contributed by atoms with Crippen LogP contribution in [0.3, 0.4) is 0 Å². The first-order valence-electron chi connectivity index (χ1n) is 7.07. The lowest BCUT2D eigenvalue weighted by Crippen LogP contribution is -2.28. The molecule has 1 N–H and O–H groups in total. The number of anilines is 1. The van der Waals surface area contributed by atoms with Crippen molar-refractivity contribution in [3.05, 3.63) is 57.0 Å². The maximum Gasteiger partial charge on any atom is 0.262 e. The molecule has 124 valence electrons. The molecule has 24 heavy (non-hydrogen) atoms. The molecular weight excluding hydrogens is 336 g/mol. The van der Waals surface area contributed by atoms with Gasteiger partial charge in [-0.15, -0.1) is 11.3 Å². The fraction of sp³-hybridized carbons (Fsp3) is 0.188. The Balaban J connectivity index is 1.90. The van der Waals surface area contributed by atoms with Crippen molar-refractivity contribution in [2.75, 3.05) is 5.32 Å². The van der Waals surface area contributed by atoms with E-state index in [2.05, 4.69) is 10.3 Å². The molecule has 0 saturated carbocycles. The van der Waals surface area contributed by atoms with E-state index in [-0.39, 0.29) is 12.1 Å². The van der Waals surface area contributed by atoms with E-state index in [0.29, 0.717) is 10.2 Å². The number of nitrogens with zero attached hydrogens (tertiary/aromatic N) is 2. The molecule has 0 spiro atoms. The highest BCUT2D eigenvalue weighted by atomic mass is 32.1. The minimum absolute atomic E-state index is 0.356. The number of carbonyl (C=O) groups is 1. The summed E-state index contributed by atoms with van der Waals surface area (Å²) < 4.78 is 28.2. The third-order valence-electron chi connectivity index (χ3n) is 3.70. The second-order valence-corrected chi connectivity index (χ2v) is 6.49. The number of amides is 1. The molecule has 0 aliphatic heterocycles. The zero-order valence-corrected chi connectivity index (χ0v) is 13.7. The van der Waals surface area contributed by atoms with Gasteiger partial charge in [0.25, 0.3) is 5.56 Å². The molecule has 0 saturated heterocycles. The number of hydrogen-bond acceptors (Lipinski definition) is 4. The van der Waals surface area contributed by atoms with Crippen LogP contribution in [0.5, 0.6) is 0 Å². The van der Waals surface area contributed by atoms with Crippen molar-refractivity contribution < 1.29 is 13.6 Å². The van der Waals surface area contributed by atoms with Crippen molar-refractivity contribution in [1.82, 2.24) is 9.55 Å². The van der Waals surface area contributed by atoms with Crippen LogP contribution in [0.25, 0.3) is 10.2 Å². The van der Waals surface area contributed by atoms with E-state index in [9.17, 15) is 18.4 Å².